The van der Waals surface area contributed by atoms with E-state index in [2.05, 4.69) is 59.5 Å². The van der Waals surface area contributed by atoms with Crippen LogP contribution in [0, 0.1) is 17.3 Å². The van der Waals surface area contributed by atoms with E-state index in [0.29, 0.717) is 5.91 Å². The Morgan fingerprint density at radius 2 is 1.54 bits per heavy atom. The zero-order chi connectivity index (χ0) is 18.8. The average Bonchev–Trinajstić information content (AvgIpc) is 2.72. The van der Waals surface area contributed by atoms with Crippen molar-refractivity contribution in [2.24, 2.45) is 17.3 Å². The number of hydrogen-bond donors (Lipinski definition) is 0. The normalized spacial score (nSPS) is 35.6. The van der Waals surface area contributed by atoms with E-state index >= 15 is 0 Å². The summed E-state index contributed by atoms with van der Waals surface area (Å²) in [5.74, 6) is 1.95. The molecule has 0 spiro atoms. The van der Waals surface area contributed by atoms with E-state index in [9.17, 15) is 4.79 Å². The van der Waals surface area contributed by atoms with Crippen molar-refractivity contribution in [3.63, 3.8) is 0 Å². The molecular formula is C26H29NO. The maximum absolute atomic E-state index is 14.0. The monoisotopic (exact) mass is 371 g/mol. The first kappa shape index (κ1) is 16.8. The van der Waals surface area contributed by atoms with Crippen LogP contribution in [0.3, 0.4) is 0 Å². The van der Waals surface area contributed by atoms with Crippen LogP contribution in [0.4, 0.5) is 0 Å². The second kappa shape index (κ2) is 5.95. The van der Waals surface area contributed by atoms with Crippen molar-refractivity contribution >= 4 is 5.91 Å². The first-order valence-corrected chi connectivity index (χ1v) is 11.1. The van der Waals surface area contributed by atoms with Gasteiger partial charge in [-0.3, -0.25) is 4.79 Å². The molecule has 0 aromatic heterocycles. The molecule has 4 saturated carbocycles. The zero-order valence-electron chi connectivity index (χ0n) is 16.6. The molecule has 7 rings (SSSR count). The smallest absolute Gasteiger partial charge is 0.229 e. The van der Waals surface area contributed by atoms with Gasteiger partial charge in [-0.15, -0.1) is 0 Å². The second-order valence-corrected chi connectivity index (χ2v) is 10.1. The standard InChI is InChI=1S/C26H29NO/c28-24(27-11-10-21-6-4-5-7-22(21)17-27)26-15-19-12-20(16-26)14-25(13-19,18-26)23-8-2-1-3-9-23/h1-9,19-20H,10-18H2. The Morgan fingerprint density at radius 1 is 0.857 bits per heavy atom. The Hall–Kier alpha value is -2.09. The number of rotatable bonds is 2. The van der Waals surface area contributed by atoms with Gasteiger partial charge in [0.1, 0.15) is 0 Å². The minimum Gasteiger partial charge on any atom is -0.338 e. The van der Waals surface area contributed by atoms with Gasteiger partial charge in [-0.2, -0.15) is 0 Å². The van der Waals surface area contributed by atoms with Crippen LogP contribution in [-0.4, -0.2) is 17.4 Å². The molecule has 2 atom stereocenters. The summed E-state index contributed by atoms with van der Waals surface area (Å²) in [6, 6.07) is 19.8. The predicted molar refractivity (Wildman–Crippen MR) is 111 cm³/mol. The first-order valence-electron chi connectivity index (χ1n) is 11.1. The molecule has 1 amide bonds. The number of benzene rings is 2. The fourth-order valence-electron chi connectivity index (χ4n) is 7.65. The highest BCUT2D eigenvalue weighted by atomic mass is 16.2. The lowest BCUT2D eigenvalue weighted by Gasteiger charge is -2.62. The predicted octanol–water partition coefficient (Wildman–Crippen LogP) is 5.11. The van der Waals surface area contributed by atoms with Crippen LogP contribution < -0.4 is 0 Å². The van der Waals surface area contributed by atoms with Gasteiger partial charge < -0.3 is 4.90 Å². The summed E-state index contributed by atoms with van der Waals surface area (Å²) in [7, 11) is 0. The molecule has 144 valence electrons. The maximum Gasteiger partial charge on any atom is 0.229 e. The summed E-state index contributed by atoms with van der Waals surface area (Å²) in [5.41, 5.74) is 4.41. The SMILES string of the molecule is O=C(N1CCc2ccccc2C1)C12CC3CC(C1)CC(c1ccccc1)(C3)C2. The summed E-state index contributed by atoms with van der Waals surface area (Å²) in [6.45, 7) is 1.70. The third kappa shape index (κ3) is 2.43. The van der Waals surface area contributed by atoms with Crippen molar-refractivity contribution in [1.29, 1.82) is 0 Å². The molecule has 2 nitrogen and oxygen atoms in total. The molecule has 2 aromatic carbocycles. The van der Waals surface area contributed by atoms with Crippen LogP contribution in [0.5, 0.6) is 0 Å². The van der Waals surface area contributed by atoms with E-state index in [0.717, 1.165) is 50.6 Å². The van der Waals surface area contributed by atoms with E-state index < -0.39 is 0 Å². The van der Waals surface area contributed by atoms with Crippen molar-refractivity contribution in [2.45, 2.75) is 56.9 Å². The molecule has 2 heteroatoms. The molecule has 0 N–H and O–H groups in total. The highest BCUT2D eigenvalue weighted by molar-refractivity contribution is 5.84. The topological polar surface area (TPSA) is 20.3 Å². The van der Waals surface area contributed by atoms with Crippen molar-refractivity contribution in [2.75, 3.05) is 6.54 Å². The molecule has 5 aliphatic rings. The Bertz CT molecular complexity index is 903. The van der Waals surface area contributed by atoms with Crippen molar-refractivity contribution in [1.82, 2.24) is 4.90 Å². The van der Waals surface area contributed by atoms with Gasteiger partial charge in [0.15, 0.2) is 0 Å². The van der Waals surface area contributed by atoms with E-state index in [1.165, 1.54) is 36.0 Å². The zero-order valence-corrected chi connectivity index (χ0v) is 16.6. The summed E-state index contributed by atoms with van der Waals surface area (Å²) in [5, 5.41) is 0. The molecule has 4 bridgehead atoms. The molecule has 0 saturated heterocycles. The van der Waals surface area contributed by atoms with E-state index in [1.807, 2.05) is 0 Å². The molecular weight excluding hydrogens is 342 g/mol. The maximum atomic E-state index is 14.0. The average molecular weight is 372 g/mol. The molecule has 1 heterocycles. The van der Waals surface area contributed by atoms with Gasteiger partial charge in [0.2, 0.25) is 5.91 Å². The second-order valence-electron chi connectivity index (χ2n) is 10.1. The largest absolute Gasteiger partial charge is 0.338 e. The van der Waals surface area contributed by atoms with Gasteiger partial charge in [-0.05, 0) is 78.9 Å². The number of fused-ring (bicyclic) bond motifs is 1. The van der Waals surface area contributed by atoms with Crippen LogP contribution in [0.2, 0.25) is 0 Å². The number of carbonyl (C=O) groups is 1. The lowest BCUT2D eigenvalue weighted by Crippen LogP contribution is -2.60. The quantitative estimate of drug-likeness (QED) is 0.718. The lowest BCUT2D eigenvalue weighted by molar-refractivity contribution is -0.161. The van der Waals surface area contributed by atoms with E-state index in [-0.39, 0.29) is 10.8 Å². The molecule has 2 unspecified atom stereocenters. The molecule has 4 fully saturated rings. The Labute approximate surface area is 167 Å². The highest BCUT2D eigenvalue weighted by Crippen LogP contribution is 2.66. The number of amides is 1. The third-order valence-corrected chi connectivity index (χ3v) is 8.32. The van der Waals surface area contributed by atoms with Gasteiger partial charge >= 0.3 is 0 Å². The summed E-state index contributed by atoms with van der Waals surface area (Å²) in [4.78, 5) is 16.2. The third-order valence-electron chi connectivity index (χ3n) is 8.32. The highest BCUT2D eigenvalue weighted by Gasteiger charge is 2.61. The van der Waals surface area contributed by atoms with Crippen molar-refractivity contribution in [3.8, 4) is 0 Å². The van der Waals surface area contributed by atoms with Gasteiger partial charge in [0.25, 0.3) is 0 Å². The van der Waals surface area contributed by atoms with Crippen LogP contribution in [0.1, 0.15) is 55.2 Å². The minimum absolute atomic E-state index is 0.105. The fourth-order valence-corrected chi connectivity index (χ4v) is 7.65. The van der Waals surface area contributed by atoms with Crippen LogP contribution in [0.25, 0.3) is 0 Å². The minimum atomic E-state index is -0.105. The van der Waals surface area contributed by atoms with Gasteiger partial charge in [0.05, 0.1) is 5.41 Å². The molecule has 1 aliphatic heterocycles. The Balaban J connectivity index is 1.34. The lowest BCUT2D eigenvalue weighted by atomic mass is 9.42. The van der Waals surface area contributed by atoms with Gasteiger partial charge in [0, 0.05) is 13.1 Å². The number of carbonyl (C=O) groups excluding carboxylic acids is 1. The van der Waals surface area contributed by atoms with Gasteiger partial charge in [-0.1, -0.05) is 54.6 Å². The van der Waals surface area contributed by atoms with E-state index in [4.69, 9.17) is 0 Å². The number of hydrogen-bond acceptors (Lipinski definition) is 1. The summed E-state index contributed by atoms with van der Waals surface area (Å²) >= 11 is 0. The summed E-state index contributed by atoms with van der Waals surface area (Å²) < 4.78 is 0. The molecule has 0 radical (unpaired) electrons. The molecule has 28 heavy (non-hydrogen) atoms. The van der Waals surface area contributed by atoms with Crippen LogP contribution in [-0.2, 0) is 23.2 Å². The summed E-state index contributed by atoms with van der Waals surface area (Å²) in [6.07, 6.45) is 8.30. The molecule has 4 aliphatic carbocycles. The van der Waals surface area contributed by atoms with E-state index in [1.54, 1.807) is 0 Å². The van der Waals surface area contributed by atoms with Crippen molar-refractivity contribution < 1.29 is 4.79 Å². The number of nitrogens with zero attached hydrogens (tertiary/aromatic N) is 1. The van der Waals surface area contributed by atoms with Crippen LogP contribution >= 0.6 is 0 Å². The Morgan fingerprint density at radius 3 is 2.29 bits per heavy atom. The van der Waals surface area contributed by atoms with Gasteiger partial charge in [-0.25, -0.2) is 0 Å². The Kier molecular flexibility index (Phi) is 3.58. The molecule has 2 aromatic rings. The van der Waals surface area contributed by atoms with Crippen molar-refractivity contribution in [3.05, 3.63) is 71.3 Å². The first-order chi connectivity index (χ1) is 13.7. The van der Waals surface area contributed by atoms with Crippen LogP contribution in [0.15, 0.2) is 54.6 Å². The fraction of sp³-hybridized carbons (Fsp3) is 0.500.